The molecule has 0 radical (unpaired) electrons. The van der Waals surface area contributed by atoms with E-state index in [1.54, 1.807) is 30.1 Å². The van der Waals surface area contributed by atoms with Gasteiger partial charge in [0.15, 0.2) is 5.82 Å². The van der Waals surface area contributed by atoms with Gasteiger partial charge in [-0.2, -0.15) is 5.10 Å². The van der Waals surface area contributed by atoms with Gasteiger partial charge in [0, 0.05) is 18.4 Å². The van der Waals surface area contributed by atoms with Crippen molar-refractivity contribution in [3.63, 3.8) is 0 Å². The number of benzene rings is 1. The number of hydrogen-bond acceptors (Lipinski definition) is 4. The molecule has 3 aromatic rings. The molecule has 1 aromatic carbocycles. The fourth-order valence-electron chi connectivity index (χ4n) is 2.84. The lowest BCUT2D eigenvalue weighted by atomic mass is 10.1. The van der Waals surface area contributed by atoms with E-state index in [2.05, 4.69) is 15.4 Å². The molecule has 0 aliphatic rings. The van der Waals surface area contributed by atoms with Crippen molar-refractivity contribution in [2.24, 2.45) is 0 Å². The third-order valence-corrected chi connectivity index (χ3v) is 4.15. The highest BCUT2D eigenvalue weighted by Gasteiger charge is 2.09. The fourth-order valence-corrected chi connectivity index (χ4v) is 2.84. The minimum atomic E-state index is -0.161. The van der Waals surface area contributed by atoms with Gasteiger partial charge in [-0.05, 0) is 56.2 Å². The van der Waals surface area contributed by atoms with E-state index in [0.717, 1.165) is 28.3 Å². The van der Waals surface area contributed by atoms with Crippen LogP contribution in [0.5, 0.6) is 5.75 Å². The molecule has 2 aromatic heterocycles. The van der Waals surface area contributed by atoms with Gasteiger partial charge in [-0.1, -0.05) is 12.1 Å². The first-order chi connectivity index (χ1) is 12.5. The van der Waals surface area contributed by atoms with Crippen molar-refractivity contribution in [2.75, 3.05) is 7.11 Å². The molecule has 2 heterocycles. The summed E-state index contributed by atoms with van der Waals surface area (Å²) in [5, 5.41) is 7.31. The van der Waals surface area contributed by atoms with Crippen LogP contribution in [0, 0.1) is 20.8 Å². The van der Waals surface area contributed by atoms with Gasteiger partial charge in [0.2, 0.25) is 0 Å². The second kappa shape index (κ2) is 7.39. The molecule has 0 atom stereocenters. The van der Waals surface area contributed by atoms with E-state index in [9.17, 15) is 4.79 Å². The molecule has 1 amide bonds. The molecule has 0 saturated carbocycles. The lowest BCUT2D eigenvalue weighted by molar-refractivity contribution is 0.0950. The smallest absolute Gasteiger partial charge is 0.253 e. The molecular formula is C20H22N4O2. The van der Waals surface area contributed by atoms with Gasteiger partial charge in [-0.15, -0.1) is 0 Å². The van der Waals surface area contributed by atoms with Crippen LogP contribution in [0.25, 0.3) is 5.82 Å². The molecule has 6 heteroatoms. The number of nitrogens with one attached hydrogen (secondary N) is 1. The number of hydrogen-bond donors (Lipinski definition) is 1. The van der Waals surface area contributed by atoms with Gasteiger partial charge in [-0.3, -0.25) is 4.79 Å². The molecule has 0 unspecified atom stereocenters. The highest BCUT2D eigenvalue weighted by molar-refractivity contribution is 5.93. The molecule has 134 valence electrons. The average molecular weight is 350 g/mol. The maximum atomic E-state index is 12.3. The number of carbonyl (C=O) groups is 1. The minimum Gasteiger partial charge on any atom is -0.496 e. The van der Waals surface area contributed by atoms with Crippen molar-refractivity contribution in [1.82, 2.24) is 20.1 Å². The lowest BCUT2D eigenvalue weighted by Gasteiger charge is -2.09. The summed E-state index contributed by atoms with van der Waals surface area (Å²) < 4.78 is 7.01. The molecule has 0 aliphatic carbocycles. The SMILES string of the molecule is COc1ccc(CNC(=O)c2ccc(-n3nc(C)cc3C)nc2)cc1C. The van der Waals surface area contributed by atoms with Crippen LogP contribution < -0.4 is 10.1 Å². The van der Waals surface area contributed by atoms with Gasteiger partial charge < -0.3 is 10.1 Å². The van der Waals surface area contributed by atoms with Crippen molar-refractivity contribution in [3.8, 4) is 11.6 Å². The van der Waals surface area contributed by atoms with Crippen molar-refractivity contribution < 1.29 is 9.53 Å². The Bertz CT molecular complexity index is 929. The van der Waals surface area contributed by atoms with Crippen molar-refractivity contribution in [2.45, 2.75) is 27.3 Å². The van der Waals surface area contributed by atoms with Crippen LogP contribution in [0.15, 0.2) is 42.6 Å². The standard InChI is InChI=1S/C20H22N4O2/c1-13-9-16(5-7-18(13)26-4)11-22-20(25)17-6-8-19(21-12-17)24-15(3)10-14(2)23-24/h5-10,12H,11H2,1-4H3,(H,22,25). The van der Waals surface area contributed by atoms with E-state index in [1.807, 2.05) is 45.0 Å². The Morgan fingerprint density at radius 1 is 1.15 bits per heavy atom. The zero-order valence-corrected chi connectivity index (χ0v) is 15.4. The van der Waals surface area contributed by atoms with E-state index >= 15 is 0 Å². The van der Waals surface area contributed by atoms with Gasteiger partial charge >= 0.3 is 0 Å². The largest absolute Gasteiger partial charge is 0.496 e. The predicted molar refractivity (Wildman–Crippen MR) is 99.7 cm³/mol. The zero-order valence-electron chi connectivity index (χ0n) is 15.4. The second-order valence-electron chi connectivity index (χ2n) is 6.23. The molecule has 1 N–H and O–H groups in total. The van der Waals surface area contributed by atoms with Gasteiger partial charge in [0.25, 0.3) is 5.91 Å². The Morgan fingerprint density at radius 3 is 2.54 bits per heavy atom. The number of carbonyl (C=O) groups excluding carboxylic acids is 1. The summed E-state index contributed by atoms with van der Waals surface area (Å²) in [5.74, 6) is 1.37. The highest BCUT2D eigenvalue weighted by Crippen LogP contribution is 2.18. The summed E-state index contributed by atoms with van der Waals surface area (Å²) in [5.41, 5.74) is 4.50. The molecule has 26 heavy (non-hydrogen) atoms. The number of amides is 1. The van der Waals surface area contributed by atoms with Gasteiger partial charge in [-0.25, -0.2) is 9.67 Å². The number of pyridine rings is 1. The number of nitrogens with zero attached hydrogens (tertiary/aromatic N) is 3. The first-order valence-electron chi connectivity index (χ1n) is 8.39. The van der Waals surface area contributed by atoms with Crippen molar-refractivity contribution in [1.29, 1.82) is 0 Å². The molecule has 3 rings (SSSR count). The number of ether oxygens (including phenoxy) is 1. The molecular weight excluding hydrogens is 328 g/mol. The summed E-state index contributed by atoms with van der Waals surface area (Å²) in [6.45, 7) is 6.33. The number of aryl methyl sites for hydroxylation is 3. The van der Waals surface area contributed by atoms with E-state index in [0.29, 0.717) is 17.9 Å². The van der Waals surface area contributed by atoms with E-state index in [4.69, 9.17) is 4.74 Å². The summed E-state index contributed by atoms with van der Waals surface area (Å²) >= 11 is 0. The molecule has 0 fully saturated rings. The van der Waals surface area contributed by atoms with Crippen LogP contribution in [0.2, 0.25) is 0 Å². The Labute approximate surface area is 152 Å². The number of methoxy groups -OCH3 is 1. The van der Waals surface area contributed by atoms with Crippen LogP contribution in [-0.4, -0.2) is 27.8 Å². The van der Waals surface area contributed by atoms with E-state index in [1.165, 1.54) is 0 Å². The average Bonchev–Trinajstić information content (AvgIpc) is 2.98. The normalized spacial score (nSPS) is 10.6. The quantitative estimate of drug-likeness (QED) is 0.767. The van der Waals surface area contributed by atoms with Crippen LogP contribution in [0.1, 0.15) is 32.9 Å². The third kappa shape index (κ3) is 3.74. The van der Waals surface area contributed by atoms with E-state index in [-0.39, 0.29) is 5.91 Å². The van der Waals surface area contributed by atoms with Crippen molar-refractivity contribution in [3.05, 3.63) is 70.7 Å². The maximum Gasteiger partial charge on any atom is 0.253 e. The first-order valence-corrected chi connectivity index (χ1v) is 8.39. The summed E-state index contributed by atoms with van der Waals surface area (Å²) in [6, 6.07) is 11.4. The van der Waals surface area contributed by atoms with Crippen LogP contribution in [0.4, 0.5) is 0 Å². The summed E-state index contributed by atoms with van der Waals surface area (Å²) in [4.78, 5) is 16.7. The molecule has 0 aliphatic heterocycles. The molecule has 0 bridgehead atoms. The Morgan fingerprint density at radius 2 is 1.96 bits per heavy atom. The number of rotatable bonds is 5. The number of aromatic nitrogens is 3. The topological polar surface area (TPSA) is 69.0 Å². The highest BCUT2D eigenvalue weighted by atomic mass is 16.5. The van der Waals surface area contributed by atoms with Crippen LogP contribution in [-0.2, 0) is 6.54 Å². The summed E-state index contributed by atoms with van der Waals surface area (Å²) in [6.07, 6.45) is 1.57. The maximum absolute atomic E-state index is 12.3. The molecule has 0 saturated heterocycles. The van der Waals surface area contributed by atoms with E-state index < -0.39 is 0 Å². The fraction of sp³-hybridized carbons (Fsp3) is 0.250. The monoisotopic (exact) mass is 350 g/mol. The zero-order chi connectivity index (χ0) is 18.7. The molecule has 6 nitrogen and oxygen atoms in total. The summed E-state index contributed by atoms with van der Waals surface area (Å²) in [7, 11) is 1.65. The van der Waals surface area contributed by atoms with Gasteiger partial charge in [0.1, 0.15) is 5.75 Å². The van der Waals surface area contributed by atoms with Crippen LogP contribution >= 0.6 is 0 Å². The lowest BCUT2D eigenvalue weighted by Crippen LogP contribution is -2.23. The Balaban J connectivity index is 1.67. The first kappa shape index (κ1) is 17.7. The third-order valence-electron chi connectivity index (χ3n) is 4.15. The Hall–Kier alpha value is -3.15. The second-order valence-corrected chi connectivity index (χ2v) is 6.23. The molecule has 0 spiro atoms. The van der Waals surface area contributed by atoms with Crippen LogP contribution in [0.3, 0.4) is 0 Å². The Kier molecular flexibility index (Phi) is 5.02. The van der Waals surface area contributed by atoms with Gasteiger partial charge in [0.05, 0.1) is 18.4 Å². The van der Waals surface area contributed by atoms with Crippen molar-refractivity contribution >= 4 is 5.91 Å². The predicted octanol–water partition coefficient (Wildman–Crippen LogP) is 3.13. The minimum absolute atomic E-state index is 0.161.